The van der Waals surface area contributed by atoms with Crippen molar-refractivity contribution in [1.82, 2.24) is 9.88 Å². The minimum absolute atomic E-state index is 0.508. The number of aliphatic imine (C=N–C) groups is 2. The van der Waals surface area contributed by atoms with Gasteiger partial charge in [0.2, 0.25) is 0 Å². The van der Waals surface area contributed by atoms with E-state index in [1.54, 1.807) is 12.4 Å². The maximum atomic E-state index is 6.37. The highest BCUT2D eigenvalue weighted by Gasteiger charge is 2.49. The first-order valence-electron chi connectivity index (χ1n) is 9.63. The average Bonchev–Trinajstić information content (AvgIpc) is 3.08. The minimum Gasteiger partial charge on any atom is -0.369 e. The Morgan fingerprint density at radius 1 is 0.931 bits per heavy atom. The molecule has 0 saturated heterocycles. The number of pyridine rings is 1. The van der Waals surface area contributed by atoms with E-state index in [4.69, 9.17) is 27.3 Å². The molecule has 2 aliphatic rings. The Bertz CT molecular complexity index is 1120. The van der Waals surface area contributed by atoms with Crippen LogP contribution >= 0.6 is 11.6 Å². The topological polar surface area (TPSA) is 66.9 Å². The van der Waals surface area contributed by atoms with Gasteiger partial charge in [-0.1, -0.05) is 41.9 Å². The standard InChI is InChI=1S/C23H20ClN5/c24-20-7-2-5-17(15-20)16-4-1-6-19(14-16)23(18-8-11-26-12-9-18)21-27-10-3-13-29(21)22(25)28-23/h1-2,4-9,11-12,14-15H,3,10,13H2,(H2,25,28). The number of aromatic nitrogens is 1. The van der Waals surface area contributed by atoms with Crippen LogP contribution in [0.25, 0.3) is 11.1 Å². The fourth-order valence-corrected chi connectivity index (χ4v) is 4.35. The summed E-state index contributed by atoms with van der Waals surface area (Å²) in [6, 6.07) is 20.2. The highest BCUT2D eigenvalue weighted by atomic mass is 35.5. The van der Waals surface area contributed by atoms with Crippen LogP contribution in [-0.4, -0.2) is 34.8 Å². The Morgan fingerprint density at radius 3 is 2.48 bits per heavy atom. The van der Waals surface area contributed by atoms with Crippen LogP contribution in [0.3, 0.4) is 0 Å². The highest BCUT2D eigenvalue weighted by molar-refractivity contribution is 6.30. The summed E-state index contributed by atoms with van der Waals surface area (Å²) < 4.78 is 0. The zero-order valence-electron chi connectivity index (χ0n) is 15.8. The fourth-order valence-electron chi connectivity index (χ4n) is 4.16. The van der Waals surface area contributed by atoms with Crippen molar-refractivity contribution in [1.29, 1.82) is 0 Å². The van der Waals surface area contributed by atoms with E-state index in [0.717, 1.165) is 47.6 Å². The third-order valence-corrected chi connectivity index (χ3v) is 5.71. The first kappa shape index (κ1) is 17.9. The molecule has 0 spiro atoms. The Balaban J connectivity index is 1.74. The lowest BCUT2D eigenvalue weighted by Crippen LogP contribution is -2.46. The number of nitrogens with zero attached hydrogens (tertiary/aromatic N) is 4. The van der Waals surface area contributed by atoms with E-state index in [2.05, 4.69) is 29.2 Å². The molecular formula is C23H20ClN5. The zero-order chi connectivity index (χ0) is 19.8. The van der Waals surface area contributed by atoms with Crippen LogP contribution in [0.1, 0.15) is 17.5 Å². The van der Waals surface area contributed by atoms with Gasteiger partial charge in [-0.2, -0.15) is 0 Å². The van der Waals surface area contributed by atoms with E-state index in [1.807, 2.05) is 41.3 Å². The molecule has 5 nitrogen and oxygen atoms in total. The van der Waals surface area contributed by atoms with Crippen LogP contribution in [0, 0.1) is 0 Å². The van der Waals surface area contributed by atoms with E-state index in [9.17, 15) is 0 Å². The Labute approximate surface area is 174 Å². The van der Waals surface area contributed by atoms with Gasteiger partial charge < -0.3 is 5.73 Å². The first-order chi connectivity index (χ1) is 14.2. The molecule has 0 saturated carbocycles. The summed E-state index contributed by atoms with van der Waals surface area (Å²) in [5.41, 5.74) is 9.75. The Hall–Kier alpha value is -3.18. The molecule has 6 heteroatoms. The van der Waals surface area contributed by atoms with Crippen molar-refractivity contribution < 1.29 is 0 Å². The predicted molar refractivity (Wildman–Crippen MR) is 117 cm³/mol. The van der Waals surface area contributed by atoms with Gasteiger partial charge in [-0.3, -0.25) is 14.9 Å². The monoisotopic (exact) mass is 401 g/mol. The molecule has 1 atom stereocenters. The summed E-state index contributed by atoms with van der Waals surface area (Å²) in [6.07, 6.45) is 4.54. The molecule has 0 amide bonds. The van der Waals surface area contributed by atoms with Crippen molar-refractivity contribution in [2.24, 2.45) is 15.7 Å². The average molecular weight is 402 g/mol. The fraction of sp³-hybridized carbons (Fsp3) is 0.174. The zero-order valence-corrected chi connectivity index (χ0v) is 16.5. The van der Waals surface area contributed by atoms with Gasteiger partial charge >= 0.3 is 0 Å². The number of guanidine groups is 1. The third kappa shape index (κ3) is 2.89. The van der Waals surface area contributed by atoms with Crippen LogP contribution in [0.5, 0.6) is 0 Å². The summed E-state index contributed by atoms with van der Waals surface area (Å²) in [7, 11) is 0. The lowest BCUT2D eigenvalue weighted by atomic mass is 9.81. The van der Waals surface area contributed by atoms with Gasteiger partial charge in [-0.05, 0) is 59.0 Å². The Morgan fingerprint density at radius 2 is 1.69 bits per heavy atom. The number of fused-ring (bicyclic) bond motifs is 1. The van der Waals surface area contributed by atoms with Gasteiger partial charge in [-0.25, -0.2) is 4.99 Å². The largest absolute Gasteiger partial charge is 0.369 e. The van der Waals surface area contributed by atoms with E-state index < -0.39 is 5.54 Å². The SMILES string of the molecule is NC1=NC(c2ccncc2)(c2cccc(-c3cccc(Cl)c3)c2)C2=NCCCN12. The smallest absolute Gasteiger partial charge is 0.198 e. The second kappa shape index (κ2) is 7.01. The van der Waals surface area contributed by atoms with Gasteiger partial charge in [-0.15, -0.1) is 0 Å². The van der Waals surface area contributed by atoms with Crippen LogP contribution in [0.4, 0.5) is 0 Å². The van der Waals surface area contributed by atoms with Crippen LogP contribution < -0.4 is 5.73 Å². The molecule has 3 aromatic rings. The van der Waals surface area contributed by atoms with Crippen LogP contribution in [-0.2, 0) is 5.54 Å². The van der Waals surface area contributed by atoms with Gasteiger partial charge in [0.25, 0.3) is 0 Å². The third-order valence-electron chi connectivity index (χ3n) is 5.48. The molecular weight excluding hydrogens is 382 g/mol. The van der Waals surface area contributed by atoms with Gasteiger partial charge in [0.05, 0.1) is 0 Å². The van der Waals surface area contributed by atoms with Crippen molar-refractivity contribution in [3.8, 4) is 11.1 Å². The van der Waals surface area contributed by atoms with Crippen molar-refractivity contribution in [2.75, 3.05) is 13.1 Å². The normalized spacial score (nSPS) is 20.8. The summed E-state index contributed by atoms with van der Waals surface area (Å²) >= 11 is 6.22. The van der Waals surface area contributed by atoms with E-state index in [1.165, 1.54) is 0 Å². The summed E-state index contributed by atoms with van der Waals surface area (Å²) in [5, 5.41) is 0.711. The van der Waals surface area contributed by atoms with Crippen molar-refractivity contribution >= 4 is 23.4 Å². The second-order valence-corrected chi connectivity index (χ2v) is 7.65. The number of hydrogen-bond donors (Lipinski definition) is 1. The van der Waals surface area contributed by atoms with Gasteiger partial charge in [0, 0.05) is 30.5 Å². The van der Waals surface area contributed by atoms with E-state index in [0.29, 0.717) is 11.0 Å². The molecule has 0 radical (unpaired) electrons. The van der Waals surface area contributed by atoms with Crippen molar-refractivity contribution in [2.45, 2.75) is 12.0 Å². The number of amidine groups is 1. The van der Waals surface area contributed by atoms with E-state index in [-0.39, 0.29) is 0 Å². The lowest BCUT2D eigenvalue weighted by Gasteiger charge is -2.33. The number of hydrogen-bond acceptors (Lipinski definition) is 5. The molecule has 1 unspecified atom stereocenters. The molecule has 2 aromatic carbocycles. The molecule has 1 aromatic heterocycles. The van der Waals surface area contributed by atoms with E-state index >= 15 is 0 Å². The Kier molecular flexibility index (Phi) is 4.32. The summed E-state index contributed by atoms with van der Waals surface area (Å²) in [4.78, 5) is 16.1. The highest BCUT2D eigenvalue weighted by Crippen LogP contribution is 2.42. The van der Waals surface area contributed by atoms with Crippen molar-refractivity contribution in [3.05, 3.63) is 89.2 Å². The van der Waals surface area contributed by atoms with Crippen molar-refractivity contribution in [3.63, 3.8) is 0 Å². The van der Waals surface area contributed by atoms with Crippen LogP contribution in [0.15, 0.2) is 83.0 Å². The quantitative estimate of drug-likeness (QED) is 0.719. The molecule has 0 bridgehead atoms. The van der Waals surface area contributed by atoms with Gasteiger partial charge in [0.15, 0.2) is 11.5 Å². The summed E-state index contributed by atoms with van der Waals surface area (Å²) in [6.45, 7) is 1.60. The van der Waals surface area contributed by atoms with Crippen LogP contribution in [0.2, 0.25) is 5.02 Å². The molecule has 144 valence electrons. The molecule has 0 fully saturated rings. The maximum absolute atomic E-state index is 6.37. The van der Waals surface area contributed by atoms with Gasteiger partial charge in [0.1, 0.15) is 5.84 Å². The maximum Gasteiger partial charge on any atom is 0.198 e. The number of benzene rings is 2. The lowest BCUT2D eigenvalue weighted by molar-refractivity contribution is 0.531. The molecule has 3 heterocycles. The molecule has 2 aliphatic heterocycles. The minimum atomic E-state index is -0.776. The molecule has 0 aliphatic carbocycles. The number of nitrogens with two attached hydrogens (primary N) is 1. The summed E-state index contributed by atoms with van der Waals surface area (Å²) in [5.74, 6) is 1.39. The predicted octanol–water partition coefficient (Wildman–Crippen LogP) is 4.08. The molecule has 2 N–H and O–H groups in total. The number of rotatable bonds is 3. The second-order valence-electron chi connectivity index (χ2n) is 7.22. The number of halogens is 1. The molecule has 5 rings (SSSR count). The molecule has 29 heavy (non-hydrogen) atoms. The first-order valence-corrected chi connectivity index (χ1v) is 10.0.